The first-order chi connectivity index (χ1) is 13.6. The fourth-order valence-corrected chi connectivity index (χ4v) is 2.75. The molecule has 1 aromatic carbocycles. The van der Waals surface area contributed by atoms with Gasteiger partial charge in [0.1, 0.15) is 0 Å². The number of esters is 1. The molecule has 3 N–H and O–H groups in total. The number of nitrogens with zero attached hydrogens (tertiary/aromatic N) is 2. The summed E-state index contributed by atoms with van der Waals surface area (Å²) in [5.41, 5.74) is 4.49. The molecule has 0 unspecified atom stereocenters. The van der Waals surface area contributed by atoms with Gasteiger partial charge in [0.05, 0.1) is 24.3 Å². The second-order valence-corrected chi connectivity index (χ2v) is 6.18. The third kappa shape index (κ3) is 5.05. The van der Waals surface area contributed by atoms with Gasteiger partial charge in [-0.15, -0.1) is 0 Å². The summed E-state index contributed by atoms with van der Waals surface area (Å²) < 4.78 is 49.3. The number of anilines is 1. The molecule has 1 aliphatic rings. The minimum Gasteiger partial charge on any atom is -0.462 e. The molecule has 158 valence electrons. The fraction of sp³-hybridized carbons (Fsp3) is 0.389. The molecule has 0 fully saturated rings. The summed E-state index contributed by atoms with van der Waals surface area (Å²) in [7, 11) is 1.50. The number of nitrogens with one attached hydrogen (secondary N) is 1. The molecule has 0 atom stereocenters. The molecule has 0 aromatic heterocycles. The van der Waals surface area contributed by atoms with Crippen molar-refractivity contribution < 1.29 is 32.2 Å². The monoisotopic (exact) mass is 414 g/mol. The third-order valence-electron chi connectivity index (χ3n) is 4.23. The Balaban J connectivity index is 2.44. The molecule has 1 aromatic rings. The van der Waals surface area contributed by atoms with Crippen molar-refractivity contribution >= 4 is 23.6 Å². The SMILES string of the molecule is COCCCOC(=O)C1=C(C)N(c2cccc(C(F)(F)F)c2)C(=N)N(C(N)=O)C1. The standard InChI is InChI=1S/C18H21F3N4O4/c1-11-14(15(26)29-8-4-7-28-2)10-24(17(23)27)16(22)25(11)13-6-3-5-12(9-13)18(19,20)21/h3,5-6,9,22H,4,7-8,10H2,1-2H3,(H2,23,27). The van der Waals surface area contributed by atoms with Gasteiger partial charge in [-0.1, -0.05) is 6.07 Å². The van der Waals surface area contributed by atoms with Crippen LogP contribution >= 0.6 is 0 Å². The number of rotatable bonds is 6. The molecule has 8 nitrogen and oxygen atoms in total. The molecule has 2 amide bonds. The number of benzene rings is 1. The lowest BCUT2D eigenvalue weighted by molar-refractivity contribution is -0.140. The van der Waals surface area contributed by atoms with E-state index in [0.29, 0.717) is 13.0 Å². The lowest BCUT2D eigenvalue weighted by Crippen LogP contribution is -2.54. The average molecular weight is 414 g/mol. The van der Waals surface area contributed by atoms with Crippen molar-refractivity contribution in [3.8, 4) is 0 Å². The smallest absolute Gasteiger partial charge is 0.416 e. The first kappa shape index (κ1) is 22.2. The summed E-state index contributed by atoms with van der Waals surface area (Å²) >= 11 is 0. The lowest BCUT2D eigenvalue weighted by atomic mass is 10.1. The number of guanidine groups is 1. The first-order valence-corrected chi connectivity index (χ1v) is 8.56. The summed E-state index contributed by atoms with van der Waals surface area (Å²) in [5.74, 6) is -1.22. The normalized spacial score (nSPS) is 15.0. The van der Waals surface area contributed by atoms with Crippen LogP contribution in [-0.4, -0.2) is 49.7 Å². The summed E-state index contributed by atoms with van der Waals surface area (Å²) in [6.45, 7) is 1.57. The van der Waals surface area contributed by atoms with E-state index < -0.39 is 29.7 Å². The van der Waals surface area contributed by atoms with Crippen molar-refractivity contribution in [2.24, 2.45) is 5.73 Å². The van der Waals surface area contributed by atoms with Crippen molar-refractivity contribution in [3.63, 3.8) is 0 Å². The van der Waals surface area contributed by atoms with Crippen molar-refractivity contribution in [2.75, 3.05) is 31.8 Å². The molecule has 1 aliphatic heterocycles. The second kappa shape index (κ2) is 8.95. The van der Waals surface area contributed by atoms with Crippen LogP contribution in [0.5, 0.6) is 0 Å². The van der Waals surface area contributed by atoms with Crippen LogP contribution in [0.25, 0.3) is 0 Å². The van der Waals surface area contributed by atoms with Crippen LogP contribution < -0.4 is 10.6 Å². The van der Waals surface area contributed by atoms with Crippen LogP contribution in [-0.2, 0) is 20.4 Å². The van der Waals surface area contributed by atoms with E-state index in [4.69, 9.17) is 20.6 Å². The fourth-order valence-electron chi connectivity index (χ4n) is 2.75. The number of urea groups is 1. The topological polar surface area (TPSA) is 109 Å². The van der Waals surface area contributed by atoms with Crippen molar-refractivity contribution in [3.05, 3.63) is 41.1 Å². The van der Waals surface area contributed by atoms with Crippen molar-refractivity contribution in [1.29, 1.82) is 5.41 Å². The highest BCUT2D eigenvalue weighted by molar-refractivity contribution is 6.09. The minimum absolute atomic E-state index is 0.00892. The Morgan fingerprint density at radius 1 is 1.28 bits per heavy atom. The number of nitrogens with two attached hydrogens (primary N) is 1. The molecular weight excluding hydrogens is 393 g/mol. The van der Waals surface area contributed by atoms with E-state index >= 15 is 0 Å². The number of ether oxygens (including phenoxy) is 2. The summed E-state index contributed by atoms with van der Waals surface area (Å²) in [6, 6.07) is 3.19. The zero-order valence-electron chi connectivity index (χ0n) is 15.9. The summed E-state index contributed by atoms with van der Waals surface area (Å²) in [5, 5.41) is 8.22. The first-order valence-electron chi connectivity index (χ1n) is 8.56. The van der Waals surface area contributed by atoms with Gasteiger partial charge in [0, 0.05) is 31.5 Å². The van der Waals surface area contributed by atoms with Gasteiger partial charge in [-0.05, 0) is 25.1 Å². The average Bonchev–Trinajstić information content (AvgIpc) is 2.64. The Bertz CT molecular complexity index is 839. The molecule has 29 heavy (non-hydrogen) atoms. The van der Waals surface area contributed by atoms with Gasteiger partial charge < -0.3 is 15.2 Å². The molecule has 0 aliphatic carbocycles. The minimum atomic E-state index is -4.60. The molecule has 0 saturated carbocycles. The van der Waals surface area contributed by atoms with E-state index in [1.165, 1.54) is 26.2 Å². The van der Waals surface area contributed by atoms with Gasteiger partial charge in [0.2, 0.25) is 5.96 Å². The van der Waals surface area contributed by atoms with Crippen molar-refractivity contribution in [2.45, 2.75) is 19.5 Å². The number of allylic oxidation sites excluding steroid dienone is 1. The maximum Gasteiger partial charge on any atom is 0.416 e. The van der Waals surface area contributed by atoms with Gasteiger partial charge in [-0.25, -0.2) is 9.59 Å². The summed E-state index contributed by atoms with van der Waals surface area (Å²) in [6.07, 6.45) is -4.15. The van der Waals surface area contributed by atoms with Gasteiger partial charge in [-0.3, -0.25) is 15.2 Å². The molecule has 11 heteroatoms. The van der Waals surface area contributed by atoms with Gasteiger partial charge in [-0.2, -0.15) is 13.2 Å². The molecule has 0 bridgehead atoms. The van der Waals surface area contributed by atoms with Crippen LogP contribution in [0.15, 0.2) is 35.5 Å². The molecule has 2 rings (SSSR count). The van der Waals surface area contributed by atoms with E-state index in [9.17, 15) is 22.8 Å². The lowest BCUT2D eigenvalue weighted by Gasteiger charge is -2.37. The predicted molar refractivity (Wildman–Crippen MR) is 98.1 cm³/mol. The number of primary amides is 1. The number of hydrogen-bond acceptors (Lipinski definition) is 5. The highest BCUT2D eigenvalue weighted by Gasteiger charge is 2.36. The van der Waals surface area contributed by atoms with Gasteiger partial charge in [0.15, 0.2) is 0 Å². The number of hydrogen-bond donors (Lipinski definition) is 2. The molecule has 0 spiro atoms. The highest BCUT2D eigenvalue weighted by atomic mass is 19.4. The number of carbonyl (C=O) groups is 2. The Hall–Kier alpha value is -3.08. The zero-order chi connectivity index (χ0) is 21.8. The molecule has 1 heterocycles. The molecule has 0 radical (unpaired) electrons. The second-order valence-electron chi connectivity index (χ2n) is 6.18. The Labute approximate surface area is 165 Å². The van der Waals surface area contributed by atoms with Crippen LogP contribution in [0.2, 0.25) is 0 Å². The number of methoxy groups -OCH3 is 1. The van der Waals surface area contributed by atoms with E-state index in [1.807, 2.05) is 0 Å². The largest absolute Gasteiger partial charge is 0.462 e. The number of amides is 2. The quantitative estimate of drug-likeness (QED) is 0.550. The van der Waals surface area contributed by atoms with Crippen molar-refractivity contribution in [1.82, 2.24) is 4.90 Å². The highest BCUT2D eigenvalue weighted by Crippen LogP contribution is 2.34. The third-order valence-corrected chi connectivity index (χ3v) is 4.23. The van der Waals surface area contributed by atoms with E-state index in [2.05, 4.69) is 0 Å². The van der Waals surface area contributed by atoms with Crippen LogP contribution in [0.3, 0.4) is 0 Å². The zero-order valence-corrected chi connectivity index (χ0v) is 15.9. The van der Waals surface area contributed by atoms with Crippen LogP contribution in [0.4, 0.5) is 23.7 Å². The van der Waals surface area contributed by atoms with Gasteiger partial charge >= 0.3 is 18.2 Å². The van der Waals surface area contributed by atoms with Crippen LogP contribution in [0, 0.1) is 5.41 Å². The van der Waals surface area contributed by atoms with Gasteiger partial charge in [0.25, 0.3) is 0 Å². The van der Waals surface area contributed by atoms with E-state index in [-0.39, 0.29) is 30.1 Å². The number of halogens is 3. The number of alkyl halides is 3. The predicted octanol–water partition coefficient (Wildman–Crippen LogP) is 2.69. The number of carbonyl (C=O) groups excluding carboxylic acids is 2. The maximum absolute atomic E-state index is 13.1. The Kier molecular flexibility index (Phi) is 6.85. The van der Waals surface area contributed by atoms with Crippen LogP contribution in [0.1, 0.15) is 18.9 Å². The molecule has 0 saturated heterocycles. The maximum atomic E-state index is 13.1. The Morgan fingerprint density at radius 2 is 1.97 bits per heavy atom. The van der Waals surface area contributed by atoms with E-state index in [1.54, 1.807) is 0 Å². The Morgan fingerprint density at radius 3 is 2.55 bits per heavy atom. The summed E-state index contributed by atoms with van der Waals surface area (Å²) in [4.78, 5) is 26.1. The van der Waals surface area contributed by atoms with E-state index in [0.717, 1.165) is 21.9 Å². The molecular formula is C18H21F3N4O4.